The van der Waals surface area contributed by atoms with Crippen LogP contribution in [0.3, 0.4) is 0 Å². The molecule has 1 heterocycles. The fourth-order valence-electron chi connectivity index (χ4n) is 2.32. The van der Waals surface area contributed by atoms with Gasteiger partial charge >= 0.3 is 0 Å². The van der Waals surface area contributed by atoms with Gasteiger partial charge in [0.2, 0.25) is 10.0 Å². The van der Waals surface area contributed by atoms with Gasteiger partial charge in [0.15, 0.2) is 0 Å². The third-order valence-electron chi connectivity index (χ3n) is 3.55. The Labute approximate surface area is 106 Å². The van der Waals surface area contributed by atoms with Crippen molar-refractivity contribution in [1.82, 2.24) is 4.90 Å². The summed E-state index contributed by atoms with van der Waals surface area (Å²) in [5.41, 5.74) is 0. The number of piperidine rings is 1. The van der Waals surface area contributed by atoms with E-state index in [1.165, 1.54) is 25.7 Å². The lowest BCUT2D eigenvalue weighted by Gasteiger charge is -2.32. The molecule has 0 saturated carbocycles. The van der Waals surface area contributed by atoms with Gasteiger partial charge in [-0.25, -0.2) is 13.6 Å². The maximum Gasteiger partial charge on any atom is 0.210 e. The summed E-state index contributed by atoms with van der Waals surface area (Å²) in [5.74, 6) is 1.71. The number of sulfonamides is 1. The summed E-state index contributed by atoms with van der Waals surface area (Å²) in [5, 5.41) is 5.01. The second-order valence-corrected chi connectivity index (χ2v) is 7.36. The van der Waals surface area contributed by atoms with Crippen molar-refractivity contribution < 1.29 is 8.42 Å². The zero-order valence-corrected chi connectivity index (χ0v) is 11.9. The topological polar surface area (TPSA) is 63.4 Å². The maximum atomic E-state index is 10.9. The van der Waals surface area contributed by atoms with E-state index in [1.807, 2.05) is 0 Å². The minimum atomic E-state index is -3.30. The third kappa shape index (κ3) is 7.01. The normalized spacial score (nSPS) is 20.0. The highest BCUT2D eigenvalue weighted by Crippen LogP contribution is 2.23. The summed E-state index contributed by atoms with van der Waals surface area (Å²) in [7, 11) is -3.30. The Kier molecular flexibility index (Phi) is 5.89. The number of likely N-dealkylation sites (tertiary alicyclic amines) is 1. The summed E-state index contributed by atoms with van der Waals surface area (Å²) < 4.78 is 21.7. The molecule has 17 heavy (non-hydrogen) atoms. The average Bonchev–Trinajstić information content (AvgIpc) is 2.24. The summed E-state index contributed by atoms with van der Waals surface area (Å²) >= 11 is 0. The number of rotatable bonds is 6. The lowest BCUT2D eigenvalue weighted by atomic mass is 9.90. The Balaban J connectivity index is 2.17. The molecule has 1 aliphatic heterocycles. The van der Waals surface area contributed by atoms with Crippen molar-refractivity contribution in [2.24, 2.45) is 17.0 Å². The lowest BCUT2D eigenvalue weighted by Crippen LogP contribution is -2.38. The molecule has 0 aliphatic carbocycles. The fourth-order valence-corrected chi connectivity index (χ4v) is 2.84. The Morgan fingerprint density at radius 1 is 1.29 bits per heavy atom. The quantitative estimate of drug-likeness (QED) is 0.787. The second kappa shape index (κ2) is 6.71. The summed E-state index contributed by atoms with van der Waals surface area (Å²) in [6, 6.07) is 0. The van der Waals surface area contributed by atoms with Crippen LogP contribution in [0.15, 0.2) is 0 Å². The van der Waals surface area contributed by atoms with E-state index in [0.29, 0.717) is 6.54 Å². The van der Waals surface area contributed by atoms with Crippen LogP contribution in [0.2, 0.25) is 0 Å². The number of nitrogens with two attached hydrogens (primary N) is 1. The van der Waals surface area contributed by atoms with Gasteiger partial charge in [-0.1, -0.05) is 26.7 Å². The van der Waals surface area contributed by atoms with E-state index >= 15 is 0 Å². The lowest BCUT2D eigenvalue weighted by molar-refractivity contribution is 0.183. The van der Waals surface area contributed by atoms with Crippen molar-refractivity contribution >= 4 is 10.0 Å². The van der Waals surface area contributed by atoms with Crippen LogP contribution >= 0.6 is 0 Å². The monoisotopic (exact) mass is 262 g/mol. The first-order valence-electron chi connectivity index (χ1n) is 6.59. The predicted octanol–water partition coefficient (Wildman–Crippen LogP) is 1.42. The molecule has 102 valence electrons. The van der Waals surface area contributed by atoms with Crippen LogP contribution in [0, 0.1) is 11.8 Å². The zero-order chi connectivity index (χ0) is 12.9. The minimum Gasteiger partial charge on any atom is -0.302 e. The Hall–Kier alpha value is -0.130. The highest BCUT2D eigenvalue weighted by atomic mass is 32.2. The fraction of sp³-hybridized carbons (Fsp3) is 1.00. The Morgan fingerprint density at radius 2 is 1.88 bits per heavy atom. The third-order valence-corrected chi connectivity index (χ3v) is 4.30. The van der Waals surface area contributed by atoms with Gasteiger partial charge in [0.1, 0.15) is 0 Å². The van der Waals surface area contributed by atoms with E-state index in [-0.39, 0.29) is 5.75 Å². The standard InChI is InChI=1S/C12H26N2O2S/c1-11(2)3-4-12-5-7-14(8-6-12)9-10-17(13,15)16/h11-12H,3-10H2,1-2H3,(H2,13,15,16). The summed E-state index contributed by atoms with van der Waals surface area (Å²) in [6.07, 6.45) is 5.04. The van der Waals surface area contributed by atoms with Crippen LogP contribution in [-0.2, 0) is 10.0 Å². The van der Waals surface area contributed by atoms with E-state index in [9.17, 15) is 8.42 Å². The van der Waals surface area contributed by atoms with Crippen molar-refractivity contribution in [2.45, 2.75) is 39.5 Å². The van der Waals surface area contributed by atoms with E-state index in [1.54, 1.807) is 0 Å². The molecule has 0 unspecified atom stereocenters. The molecule has 1 aliphatic rings. The van der Waals surface area contributed by atoms with Crippen molar-refractivity contribution in [2.75, 3.05) is 25.4 Å². The zero-order valence-electron chi connectivity index (χ0n) is 11.1. The molecule has 0 amide bonds. The first-order chi connectivity index (χ1) is 7.87. The maximum absolute atomic E-state index is 10.9. The molecule has 1 rings (SSSR count). The molecule has 0 spiro atoms. The molecule has 1 saturated heterocycles. The molecule has 4 nitrogen and oxygen atoms in total. The smallest absolute Gasteiger partial charge is 0.210 e. The van der Waals surface area contributed by atoms with Crippen molar-refractivity contribution in [1.29, 1.82) is 0 Å². The number of hydrogen-bond donors (Lipinski definition) is 1. The molecule has 0 aromatic heterocycles. The molecule has 0 atom stereocenters. The highest BCUT2D eigenvalue weighted by Gasteiger charge is 2.19. The van der Waals surface area contributed by atoms with Gasteiger partial charge in [0.05, 0.1) is 5.75 Å². The van der Waals surface area contributed by atoms with E-state index in [4.69, 9.17) is 5.14 Å². The van der Waals surface area contributed by atoms with Gasteiger partial charge in [-0.05, 0) is 37.8 Å². The molecule has 5 heteroatoms. The first-order valence-corrected chi connectivity index (χ1v) is 8.31. The van der Waals surface area contributed by atoms with E-state index in [0.717, 1.165) is 24.9 Å². The molecule has 0 aromatic carbocycles. The average molecular weight is 262 g/mol. The Morgan fingerprint density at radius 3 is 2.35 bits per heavy atom. The first kappa shape index (κ1) is 14.9. The molecular formula is C12H26N2O2S. The van der Waals surface area contributed by atoms with Gasteiger partial charge in [-0.15, -0.1) is 0 Å². The molecular weight excluding hydrogens is 236 g/mol. The Bertz CT molecular complexity index is 306. The van der Waals surface area contributed by atoms with Crippen molar-refractivity contribution in [3.8, 4) is 0 Å². The van der Waals surface area contributed by atoms with E-state index in [2.05, 4.69) is 18.7 Å². The predicted molar refractivity (Wildman–Crippen MR) is 71.2 cm³/mol. The highest BCUT2D eigenvalue weighted by molar-refractivity contribution is 7.89. The largest absolute Gasteiger partial charge is 0.302 e. The van der Waals surface area contributed by atoms with Crippen LogP contribution in [0.4, 0.5) is 0 Å². The van der Waals surface area contributed by atoms with Gasteiger partial charge in [0.25, 0.3) is 0 Å². The SMILES string of the molecule is CC(C)CCC1CCN(CCS(N)(=O)=O)CC1. The van der Waals surface area contributed by atoms with Crippen LogP contribution in [0.5, 0.6) is 0 Å². The van der Waals surface area contributed by atoms with Crippen molar-refractivity contribution in [3.63, 3.8) is 0 Å². The molecule has 0 radical (unpaired) electrons. The van der Waals surface area contributed by atoms with Gasteiger partial charge in [0, 0.05) is 6.54 Å². The van der Waals surface area contributed by atoms with Gasteiger partial charge in [-0.3, -0.25) is 0 Å². The van der Waals surface area contributed by atoms with Gasteiger partial charge < -0.3 is 4.90 Å². The molecule has 0 bridgehead atoms. The molecule has 1 fully saturated rings. The number of hydrogen-bond acceptors (Lipinski definition) is 3. The minimum absolute atomic E-state index is 0.0870. The summed E-state index contributed by atoms with van der Waals surface area (Å²) in [4.78, 5) is 2.22. The molecule has 2 N–H and O–H groups in total. The second-order valence-electron chi connectivity index (χ2n) is 5.62. The van der Waals surface area contributed by atoms with Crippen molar-refractivity contribution in [3.05, 3.63) is 0 Å². The summed E-state index contributed by atoms with van der Waals surface area (Å²) in [6.45, 7) is 7.18. The number of primary sulfonamides is 1. The van der Waals surface area contributed by atoms with Crippen LogP contribution in [0.25, 0.3) is 0 Å². The number of nitrogens with zero attached hydrogens (tertiary/aromatic N) is 1. The van der Waals surface area contributed by atoms with Crippen LogP contribution in [0.1, 0.15) is 39.5 Å². The van der Waals surface area contributed by atoms with E-state index < -0.39 is 10.0 Å². The van der Waals surface area contributed by atoms with Crippen LogP contribution in [-0.4, -0.2) is 38.7 Å². The molecule has 0 aromatic rings. The van der Waals surface area contributed by atoms with Crippen LogP contribution < -0.4 is 5.14 Å². The van der Waals surface area contributed by atoms with Gasteiger partial charge in [-0.2, -0.15) is 0 Å².